The van der Waals surface area contributed by atoms with E-state index >= 15 is 0 Å². The lowest BCUT2D eigenvalue weighted by molar-refractivity contribution is -0.125. The molecular weight excluding hydrogens is 358 g/mol. The number of carbonyl (C=O) groups excluding carboxylic acids is 3. The van der Waals surface area contributed by atoms with E-state index in [0.717, 1.165) is 0 Å². The number of carbonyl (C=O) groups is 3. The Morgan fingerprint density at radius 2 is 1.88 bits per heavy atom. The molecule has 0 bridgehead atoms. The highest BCUT2D eigenvalue weighted by molar-refractivity contribution is 7.12. The minimum atomic E-state index is -0.799. The first kappa shape index (κ1) is 17.3. The van der Waals surface area contributed by atoms with Gasteiger partial charge in [-0.05, 0) is 23.6 Å². The highest BCUT2D eigenvalue weighted by Gasteiger charge is 2.15. The Balaban J connectivity index is 1.47. The maximum Gasteiger partial charge on any atom is 0.361 e. The number of ether oxygens (including phenoxy) is 1. The summed E-state index contributed by atoms with van der Waals surface area (Å²) in [5.74, 6) is -1.93. The van der Waals surface area contributed by atoms with Crippen LogP contribution in [0.2, 0.25) is 0 Å². The average Bonchev–Trinajstić information content (AvgIpc) is 3.37. The van der Waals surface area contributed by atoms with E-state index in [2.05, 4.69) is 21.0 Å². The van der Waals surface area contributed by atoms with Crippen LogP contribution in [0, 0.1) is 0 Å². The average molecular weight is 371 g/mol. The summed E-state index contributed by atoms with van der Waals surface area (Å²) < 4.78 is 4.85. The van der Waals surface area contributed by atoms with Gasteiger partial charge < -0.3 is 4.74 Å². The molecule has 2 heterocycles. The van der Waals surface area contributed by atoms with E-state index < -0.39 is 24.4 Å². The number of esters is 1. The van der Waals surface area contributed by atoms with Gasteiger partial charge in [0.05, 0.1) is 16.8 Å². The molecule has 9 nitrogen and oxygen atoms in total. The standard InChI is InChI=1S/C16H13N5O4S/c22-14(18-19-15(23)13-7-4-8-26-13)10-25-16(24)12-9-17-21(20-12)11-5-2-1-3-6-11/h1-9H,10H2,(H,18,22)(H,19,23). The maximum atomic E-state index is 11.9. The van der Waals surface area contributed by atoms with Crippen molar-refractivity contribution in [2.24, 2.45) is 0 Å². The van der Waals surface area contributed by atoms with Gasteiger partial charge >= 0.3 is 5.97 Å². The lowest BCUT2D eigenvalue weighted by Gasteiger charge is -2.06. The number of rotatable bonds is 5. The summed E-state index contributed by atoms with van der Waals surface area (Å²) in [6, 6.07) is 12.3. The molecule has 2 aromatic heterocycles. The van der Waals surface area contributed by atoms with E-state index in [-0.39, 0.29) is 5.69 Å². The van der Waals surface area contributed by atoms with Crippen molar-refractivity contribution >= 4 is 29.1 Å². The number of amides is 2. The molecule has 0 atom stereocenters. The molecule has 26 heavy (non-hydrogen) atoms. The Labute approximate surface area is 151 Å². The van der Waals surface area contributed by atoms with Crippen molar-refractivity contribution in [3.8, 4) is 5.69 Å². The monoisotopic (exact) mass is 371 g/mol. The van der Waals surface area contributed by atoms with Gasteiger partial charge in [0.15, 0.2) is 12.3 Å². The normalized spacial score (nSPS) is 10.2. The third kappa shape index (κ3) is 4.30. The van der Waals surface area contributed by atoms with Gasteiger partial charge in [0.2, 0.25) is 0 Å². The Morgan fingerprint density at radius 3 is 2.62 bits per heavy atom. The number of para-hydroxylation sites is 1. The molecular formula is C16H13N5O4S. The van der Waals surface area contributed by atoms with E-state index in [1.165, 1.54) is 22.3 Å². The smallest absolute Gasteiger partial charge is 0.361 e. The second-order valence-corrected chi connectivity index (χ2v) is 5.86. The van der Waals surface area contributed by atoms with Gasteiger partial charge in [0.1, 0.15) is 0 Å². The largest absolute Gasteiger partial charge is 0.451 e. The van der Waals surface area contributed by atoms with Crippen LogP contribution in [0.15, 0.2) is 54.0 Å². The summed E-state index contributed by atoms with van der Waals surface area (Å²) in [4.78, 5) is 36.9. The highest BCUT2D eigenvalue weighted by Crippen LogP contribution is 2.07. The molecule has 0 fully saturated rings. The second-order valence-electron chi connectivity index (χ2n) is 4.91. The van der Waals surface area contributed by atoms with Gasteiger partial charge in [-0.15, -0.1) is 16.4 Å². The topological polar surface area (TPSA) is 115 Å². The predicted molar refractivity (Wildman–Crippen MR) is 91.6 cm³/mol. The molecule has 0 aliphatic rings. The molecule has 0 saturated heterocycles. The molecule has 10 heteroatoms. The Hall–Kier alpha value is -3.53. The number of benzene rings is 1. The summed E-state index contributed by atoms with van der Waals surface area (Å²) in [6.07, 6.45) is 1.24. The van der Waals surface area contributed by atoms with E-state index in [1.54, 1.807) is 29.6 Å². The van der Waals surface area contributed by atoms with Crippen molar-refractivity contribution in [1.82, 2.24) is 25.8 Å². The Morgan fingerprint density at radius 1 is 1.08 bits per heavy atom. The third-order valence-corrected chi connectivity index (χ3v) is 3.95. The zero-order valence-electron chi connectivity index (χ0n) is 13.3. The van der Waals surface area contributed by atoms with Crippen LogP contribution in [0.5, 0.6) is 0 Å². The zero-order chi connectivity index (χ0) is 18.4. The molecule has 3 rings (SSSR count). The molecule has 0 saturated carbocycles. The lowest BCUT2D eigenvalue weighted by Crippen LogP contribution is -2.43. The summed E-state index contributed by atoms with van der Waals surface area (Å²) >= 11 is 1.23. The molecule has 0 unspecified atom stereocenters. The van der Waals surface area contributed by atoms with Crippen molar-refractivity contribution in [2.75, 3.05) is 6.61 Å². The van der Waals surface area contributed by atoms with Gasteiger partial charge in [-0.1, -0.05) is 24.3 Å². The van der Waals surface area contributed by atoms with Crippen LogP contribution >= 0.6 is 11.3 Å². The number of thiophene rings is 1. The minimum Gasteiger partial charge on any atom is -0.451 e. The zero-order valence-corrected chi connectivity index (χ0v) is 14.1. The van der Waals surface area contributed by atoms with E-state index in [9.17, 15) is 14.4 Å². The second kappa shape index (κ2) is 8.03. The van der Waals surface area contributed by atoms with Crippen molar-refractivity contribution in [3.63, 3.8) is 0 Å². The fourth-order valence-electron chi connectivity index (χ4n) is 1.88. The minimum absolute atomic E-state index is 0.0377. The maximum absolute atomic E-state index is 11.9. The Bertz CT molecular complexity index is 908. The number of hydrogen-bond acceptors (Lipinski definition) is 7. The van der Waals surface area contributed by atoms with Crippen LogP contribution < -0.4 is 10.9 Å². The number of aromatic nitrogens is 3. The fourth-order valence-corrected chi connectivity index (χ4v) is 2.50. The van der Waals surface area contributed by atoms with Crippen molar-refractivity contribution in [1.29, 1.82) is 0 Å². The molecule has 3 aromatic rings. The summed E-state index contributed by atoms with van der Waals surface area (Å²) in [5, 5.41) is 9.71. The summed E-state index contributed by atoms with van der Waals surface area (Å²) in [6.45, 7) is -0.568. The van der Waals surface area contributed by atoms with Crippen molar-refractivity contribution < 1.29 is 19.1 Å². The van der Waals surface area contributed by atoms with E-state index in [1.807, 2.05) is 18.2 Å². The molecule has 0 aliphatic heterocycles. The first-order valence-electron chi connectivity index (χ1n) is 7.41. The summed E-state index contributed by atoms with van der Waals surface area (Å²) in [7, 11) is 0. The number of hydrazine groups is 1. The van der Waals surface area contributed by atoms with Crippen LogP contribution in [0.25, 0.3) is 5.69 Å². The van der Waals surface area contributed by atoms with Crippen molar-refractivity contribution in [3.05, 3.63) is 64.6 Å². The predicted octanol–water partition coefficient (Wildman–Crippen LogP) is 0.947. The van der Waals surface area contributed by atoms with Gasteiger partial charge in [-0.2, -0.15) is 9.90 Å². The number of hydrogen-bond donors (Lipinski definition) is 2. The third-order valence-electron chi connectivity index (χ3n) is 3.08. The van der Waals surface area contributed by atoms with Crippen LogP contribution in [0.3, 0.4) is 0 Å². The first-order chi connectivity index (χ1) is 12.6. The number of nitrogens with zero attached hydrogens (tertiary/aromatic N) is 3. The van der Waals surface area contributed by atoms with Crippen LogP contribution in [0.4, 0.5) is 0 Å². The molecule has 0 spiro atoms. The van der Waals surface area contributed by atoms with Crippen LogP contribution in [-0.2, 0) is 9.53 Å². The first-order valence-corrected chi connectivity index (χ1v) is 8.29. The van der Waals surface area contributed by atoms with E-state index in [0.29, 0.717) is 10.6 Å². The SMILES string of the molecule is O=C(COC(=O)c1cnn(-c2ccccc2)n1)NNC(=O)c1cccs1. The molecule has 0 radical (unpaired) electrons. The van der Waals surface area contributed by atoms with Gasteiger partial charge in [0.25, 0.3) is 11.8 Å². The van der Waals surface area contributed by atoms with Gasteiger partial charge in [0, 0.05) is 0 Å². The van der Waals surface area contributed by atoms with Gasteiger partial charge in [-0.3, -0.25) is 20.4 Å². The molecule has 132 valence electrons. The van der Waals surface area contributed by atoms with Crippen LogP contribution in [0.1, 0.15) is 20.2 Å². The lowest BCUT2D eigenvalue weighted by atomic mass is 10.3. The van der Waals surface area contributed by atoms with Gasteiger partial charge in [-0.25, -0.2) is 4.79 Å². The molecule has 2 amide bonds. The van der Waals surface area contributed by atoms with E-state index in [4.69, 9.17) is 4.74 Å². The molecule has 0 aliphatic carbocycles. The summed E-state index contributed by atoms with van der Waals surface area (Å²) in [5.41, 5.74) is 5.02. The van der Waals surface area contributed by atoms with Crippen LogP contribution in [-0.4, -0.2) is 39.4 Å². The highest BCUT2D eigenvalue weighted by atomic mass is 32.1. The fraction of sp³-hybridized carbons (Fsp3) is 0.0625. The molecule has 1 aromatic carbocycles. The molecule has 2 N–H and O–H groups in total. The quantitative estimate of drug-likeness (QED) is 0.510. The number of nitrogens with one attached hydrogen (secondary N) is 2. The van der Waals surface area contributed by atoms with Crippen molar-refractivity contribution in [2.45, 2.75) is 0 Å². The Kier molecular flexibility index (Phi) is 5.34.